The van der Waals surface area contributed by atoms with Gasteiger partial charge in [0.15, 0.2) is 5.76 Å². The lowest BCUT2D eigenvalue weighted by atomic mass is 9.93. The van der Waals surface area contributed by atoms with Crippen LogP contribution in [-0.4, -0.2) is 63.4 Å². The van der Waals surface area contributed by atoms with E-state index in [4.69, 9.17) is 14.2 Å². The molecular weight excluding hydrogens is 678 g/mol. The van der Waals surface area contributed by atoms with Crippen molar-refractivity contribution in [3.05, 3.63) is 105 Å². The van der Waals surface area contributed by atoms with Gasteiger partial charge >= 0.3 is 0 Å². The van der Waals surface area contributed by atoms with Crippen LogP contribution in [0.25, 0.3) is 0 Å². The Balaban J connectivity index is 1.44. The molecule has 1 amide bonds. The molecule has 0 radical (unpaired) electrons. The quantitative estimate of drug-likeness (QED) is 0.256. The molecule has 0 spiro atoms. The van der Waals surface area contributed by atoms with Crippen molar-refractivity contribution in [2.75, 3.05) is 33.4 Å². The number of benzene rings is 3. The first kappa shape index (κ1) is 31.9. The lowest BCUT2D eigenvalue weighted by Gasteiger charge is -2.30. The number of rotatable bonds is 13. The predicted molar refractivity (Wildman–Crippen MR) is 163 cm³/mol. The standard InChI is InChI=1S/C30H32FIN2O7S/c1-39-26-10-12-27(13-11-26)42(37,38)34(14-16-35)15-17-40-29-19-23(22-4-8-25(32)9-5-22)18-28(41-29)30(36)33-20-21-2-6-24(31)7-3-21/h2-13,18,23,29,35H,14-17,19-20H2,1H3,(H,33,36)/t23-,29+/m1/s1. The molecule has 2 N–H and O–H groups in total. The summed E-state index contributed by atoms with van der Waals surface area (Å²) in [6, 6.07) is 19.7. The highest BCUT2D eigenvalue weighted by atomic mass is 127. The van der Waals surface area contributed by atoms with E-state index in [1.54, 1.807) is 30.3 Å². The van der Waals surface area contributed by atoms with Gasteiger partial charge in [0, 0.05) is 35.5 Å². The van der Waals surface area contributed by atoms with Gasteiger partial charge in [-0.15, -0.1) is 0 Å². The Morgan fingerprint density at radius 3 is 2.40 bits per heavy atom. The third-order valence-corrected chi connectivity index (χ3v) is 9.27. The van der Waals surface area contributed by atoms with Crippen LogP contribution in [0, 0.1) is 9.39 Å². The van der Waals surface area contributed by atoms with Crippen LogP contribution in [0.15, 0.2) is 89.5 Å². The van der Waals surface area contributed by atoms with Crippen LogP contribution in [0.2, 0.25) is 0 Å². The molecule has 4 rings (SSSR count). The van der Waals surface area contributed by atoms with Crippen LogP contribution in [0.4, 0.5) is 4.39 Å². The SMILES string of the molecule is COc1ccc(S(=O)(=O)N(CCO)CCO[C@@H]2C[C@H](c3ccc(I)cc3)C=C(C(=O)NCc3ccc(F)cc3)O2)cc1. The molecule has 1 aliphatic heterocycles. The van der Waals surface area contributed by atoms with Crippen LogP contribution in [0.1, 0.15) is 23.5 Å². The number of aliphatic hydroxyl groups excluding tert-OH is 1. The van der Waals surface area contributed by atoms with Crippen LogP contribution in [0.5, 0.6) is 5.75 Å². The number of carbonyl (C=O) groups excluding carboxylic acids is 1. The maximum Gasteiger partial charge on any atom is 0.286 e. The van der Waals surface area contributed by atoms with Crippen LogP contribution < -0.4 is 10.1 Å². The number of methoxy groups -OCH3 is 1. The van der Waals surface area contributed by atoms with E-state index in [1.807, 2.05) is 24.3 Å². The number of amides is 1. The number of sulfonamides is 1. The molecule has 0 aliphatic carbocycles. The average Bonchev–Trinajstić information content (AvgIpc) is 3.00. The zero-order valence-corrected chi connectivity index (χ0v) is 25.9. The lowest BCUT2D eigenvalue weighted by molar-refractivity contribution is -0.146. The van der Waals surface area contributed by atoms with Crippen molar-refractivity contribution in [3.8, 4) is 5.75 Å². The van der Waals surface area contributed by atoms with E-state index in [9.17, 15) is 22.7 Å². The molecule has 3 aromatic rings. The topological polar surface area (TPSA) is 114 Å². The largest absolute Gasteiger partial charge is 0.497 e. The summed E-state index contributed by atoms with van der Waals surface area (Å²) in [4.78, 5) is 13.1. The molecule has 1 heterocycles. The Bertz CT molecular complexity index is 1470. The summed E-state index contributed by atoms with van der Waals surface area (Å²) in [6.45, 7) is -0.390. The normalized spacial score (nSPS) is 16.9. The highest BCUT2D eigenvalue weighted by molar-refractivity contribution is 14.1. The van der Waals surface area contributed by atoms with E-state index in [2.05, 4.69) is 27.9 Å². The molecular formula is C30H32FIN2O7S. The molecule has 0 saturated heterocycles. The summed E-state index contributed by atoms with van der Waals surface area (Å²) in [5.41, 5.74) is 1.70. The highest BCUT2D eigenvalue weighted by Gasteiger charge is 2.30. The second-order valence-electron chi connectivity index (χ2n) is 9.46. The van der Waals surface area contributed by atoms with Crippen molar-refractivity contribution in [2.45, 2.75) is 30.1 Å². The highest BCUT2D eigenvalue weighted by Crippen LogP contribution is 2.32. The Morgan fingerprint density at radius 2 is 1.76 bits per heavy atom. The van der Waals surface area contributed by atoms with Gasteiger partial charge in [0.2, 0.25) is 16.3 Å². The zero-order chi connectivity index (χ0) is 30.1. The molecule has 0 bridgehead atoms. The van der Waals surface area contributed by atoms with Crippen molar-refractivity contribution < 1.29 is 36.9 Å². The maximum absolute atomic E-state index is 13.2. The second kappa shape index (κ2) is 14.9. The minimum Gasteiger partial charge on any atom is -0.497 e. The molecule has 42 heavy (non-hydrogen) atoms. The van der Waals surface area contributed by atoms with E-state index < -0.39 is 22.2 Å². The van der Waals surface area contributed by atoms with Crippen LogP contribution in [-0.2, 0) is 30.8 Å². The summed E-state index contributed by atoms with van der Waals surface area (Å²) >= 11 is 2.22. The number of allylic oxidation sites excluding steroid dienone is 1. The van der Waals surface area contributed by atoms with Crippen LogP contribution >= 0.6 is 22.6 Å². The van der Waals surface area contributed by atoms with Crippen molar-refractivity contribution in [1.82, 2.24) is 9.62 Å². The van der Waals surface area contributed by atoms with Gasteiger partial charge in [0.1, 0.15) is 11.6 Å². The molecule has 12 heteroatoms. The molecule has 3 aromatic carbocycles. The Hall–Kier alpha value is -3.04. The number of hydrogen-bond donors (Lipinski definition) is 2. The average molecular weight is 711 g/mol. The van der Waals surface area contributed by atoms with Gasteiger partial charge in [-0.2, -0.15) is 4.31 Å². The first-order chi connectivity index (χ1) is 20.2. The summed E-state index contributed by atoms with van der Waals surface area (Å²) in [6.07, 6.45) is 1.32. The molecule has 9 nitrogen and oxygen atoms in total. The van der Waals surface area contributed by atoms with Gasteiger partial charge in [-0.05, 0) is 88.3 Å². The molecule has 0 fully saturated rings. The third-order valence-electron chi connectivity index (χ3n) is 6.64. The molecule has 2 atom stereocenters. The monoisotopic (exact) mass is 710 g/mol. The number of aliphatic hydroxyl groups is 1. The fraction of sp³-hybridized carbons (Fsp3) is 0.300. The van der Waals surface area contributed by atoms with E-state index in [0.29, 0.717) is 12.2 Å². The molecule has 1 aliphatic rings. The molecule has 0 saturated carbocycles. The van der Waals surface area contributed by atoms with Crippen molar-refractivity contribution >= 4 is 38.5 Å². The van der Waals surface area contributed by atoms with Crippen molar-refractivity contribution in [3.63, 3.8) is 0 Å². The Labute approximate surface area is 258 Å². The molecule has 0 unspecified atom stereocenters. The van der Waals surface area contributed by atoms with Gasteiger partial charge in [-0.25, -0.2) is 12.8 Å². The van der Waals surface area contributed by atoms with Gasteiger partial charge in [-0.1, -0.05) is 24.3 Å². The molecule has 0 aromatic heterocycles. The van der Waals surface area contributed by atoms with Crippen LogP contribution in [0.3, 0.4) is 0 Å². The van der Waals surface area contributed by atoms with Gasteiger partial charge in [0.05, 0.1) is 25.2 Å². The first-order valence-corrected chi connectivity index (χ1v) is 15.7. The summed E-state index contributed by atoms with van der Waals surface area (Å²) in [7, 11) is -2.42. The van der Waals surface area contributed by atoms with E-state index in [-0.39, 0.29) is 55.2 Å². The number of nitrogens with one attached hydrogen (secondary N) is 1. The molecule has 224 valence electrons. The van der Waals surface area contributed by atoms with E-state index in [0.717, 1.165) is 19.0 Å². The Morgan fingerprint density at radius 1 is 1.07 bits per heavy atom. The fourth-order valence-corrected chi connectivity index (χ4v) is 6.15. The van der Waals surface area contributed by atoms with Crippen molar-refractivity contribution in [1.29, 1.82) is 0 Å². The Kier molecular flexibility index (Phi) is 11.3. The number of halogens is 2. The lowest BCUT2D eigenvalue weighted by Crippen LogP contribution is -2.38. The van der Waals surface area contributed by atoms with E-state index >= 15 is 0 Å². The van der Waals surface area contributed by atoms with Gasteiger partial charge < -0.3 is 24.6 Å². The summed E-state index contributed by atoms with van der Waals surface area (Å²) in [5, 5.41) is 12.3. The first-order valence-electron chi connectivity index (χ1n) is 13.2. The fourth-order valence-electron chi connectivity index (χ4n) is 4.38. The van der Waals surface area contributed by atoms with Crippen molar-refractivity contribution in [2.24, 2.45) is 0 Å². The smallest absolute Gasteiger partial charge is 0.286 e. The van der Waals surface area contributed by atoms with Gasteiger partial charge in [0.25, 0.3) is 5.91 Å². The maximum atomic E-state index is 13.2. The number of nitrogens with zero attached hydrogens (tertiary/aromatic N) is 1. The minimum absolute atomic E-state index is 0.0378. The summed E-state index contributed by atoms with van der Waals surface area (Å²) < 4.78 is 58.9. The number of ether oxygens (including phenoxy) is 3. The minimum atomic E-state index is -3.91. The second-order valence-corrected chi connectivity index (χ2v) is 12.6. The third kappa shape index (κ3) is 8.51. The van der Waals surface area contributed by atoms with E-state index in [1.165, 1.54) is 31.4 Å². The number of carbonyl (C=O) groups is 1. The zero-order valence-electron chi connectivity index (χ0n) is 22.9. The predicted octanol–water partition coefficient (Wildman–Crippen LogP) is 4.17. The summed E-state index contributed by atoms with van der Waals surface area (Å²) in [5.74, 6) is -0.405. The number of hydrogen-bond acceptors (Lipinski definition) is 7. The van der Waals surface area contributed by atoms with Gasteiger partial charge in [-0.3, -0.25) is 4.79 Å².